The van der Waals surface area contributed by atoms with E-state index in [1.807, 2.05) is 0 Å². The summed E-state index contributed by atoms with van der Waals surface area (Å²) in [5, 5.41) is 5.09. The molecule has 0 atom stereocenters. The third kappa shape index (κ3) is 5.56. The summed E-state index contributed by atoms with van der Waals surface area (Å²) in [6.07, 6.45) is 0. The lowest BCUT2D eigenvalue weighted by Crippen LogP contribution is -2.36. The average Bonchev–Trinajstić information content (AvgIpc) is 2.60. The van der Waals surface area contributed by atoms with Crippen molar-refractivity contribution in [1.82, 2.24) is 10.6 Å². The fourth-order valence-electron chi connectivity index (χ4n) is 1.97. The van der Waals surface area contributed by atoms with Crippen LogP contribution in [0.15, 0.2) is 42.5 Å². The second kappa shape index (κ2) is 8.77. The van der Waals surface area contributed by atoms with Crippen LogP contribution in [-0.2, 0) is 4.79 Å². The second-order valence-corrected chi connectivity index (χ2v) is 5.29. The van der Waals surface area contributed by atoms with Crippen molar-refractivity contribution in [2.45, 2.75) is 6.92 Å². The van der Waals surface area contributed by atoms with Crippen LogP contribution in [0, 0.1) is 18.6 Å². The summed E-state index contributed by atoms with van der Waals surface area (Å²) in [5.74, 6) is -1.89. The maximum Gasteiger partial charge on any atom is 0.258 e. The van der Waals surface area contributed by atoms with Crippen molar-refractivity contribution >= 4 is 11.8 Å². The van der Waals surface area contributed by atoms with Crippen LogP contribution in [0.1, 0.15) is 15.9 Å². The van der Waals surface area contributed by atoms with Gasteiger partial charge in [-0.2, -0.15) is 0 Å². The highest BCUT2D eigenvalue weighted by molar-refractivity contribution is 5.94. The average molecular weight is 348 g/mol. The maximum absolute atomic E-state index is 13.4. The number of hydrogen-bond donors (Lipinski definition) is 2. The Bertz CT molecular complexity index is 766. The molecule has 2 amide bonds. The Kier molecular flexibility index (Phi) is 6.45. The molecular formula is C18H18F2N2O3. The molecule has 0 aliphatic carbocycles. The first-order valence-electron chi connectivity index (χ1n) is 7.66. The number of rotatable bonds is 7. The number of para-hydroxylation sites is 1. The third-order valence-corrected chi connectivity index (χ3v) is 3.36. The van der Waals surface area contributed by atoms with Crippen LogP contribution in [-0.4, -0.2) is 31.5 Å². The molecule has 0 heterocycles. The molecule has 25 heavy (non-hydrogen) atoms. The Morgan fingerprint density at radius 1 is 1.00 bits per heavy atom. The summed E-state index contributed by atoms with van der Waals surface area (Å²) < 4.78 is 31.8. The first kappa shape index (κ1) is 18.4. The molecule has 2 rings (SSSR count). The monoisotopic (exact) mass is 348 g/mol. The predicted molar refractivity (Wildman–Crippen MR) is 88.4 cm³/mol. The highest BCUT2D eigenvalue weighted by Crippen LogP contribution is 2.14. The van der Waals surface area contributed by atoms with E-state index >= 15 is 0 Å². The highest BCUT2D eigenvalue weighted by Gasteiger charge is 2.09. The number of carbonyl (C=O) groups excluding carboxylic acids is 2. The SMILES string of the molecule is Cc1ccc(C(=O)NCCNC(=O)COc2ccccc2F)cc1F. The lowest BCUT2D eigenvalue weighted by atomic mass is 10.1. The van der Waals surface area contributed by atoms with E-state index in [0.29, 0.717) is 5.56 Å². The molecule has 0 saturated carbocycles. The fraction of sp³-hybridized carbons (Fsp3) is 0.222. The zero-order chi connectivity index (χ0) is 18.2. The summed E-state index contributed by atoms with van der Waals surface area (Å²) in [6, 6.07) is 9.97. The predicted octanol–water partition coefficient (Wildman–Crippen LogP) is 2.20. The quantitative estimate of drug-likeness (QED) is 0.754. The molecule has 132 valence electrons. The molecule has 0 aliphatic rings. The van der Waals surface area contributed by atoms with Crippen molar-refractivity contribution in [2.75, 3.05) is 19.7 Å². The molecule has 2 aromatic carbocycles. The summed E-state index contributed by atoms with van der Waals surface area (Å²) in [7, 11) is 0. The fourth-order valence-corrected chi connectivity index (χ4v) is 1.97. The topological polar surface area (TPSA) is 67.4 Å². The first-order valence-corrected chi connectivity index (χ1v) is 7.66. The molecule has 0 bridgehead atoms. The van der Waals surface area contributed by atoms with Gasteiger partial charge in [0.05, 0.1) is 0 Å². The summed E-state index contributed by atoms with van der Waals surface area (Å²) >= 11 is 0. The van der Waals surface area contributed by atoms with Crippen molar-refractivity contribution in [3.05, 3.63) is 65.2 Å². The minimum Gasteiger partial charge on any atom is -0.481 e. The molecule has 0 aliphatic heterocycles. The first-order chi connectivity index (χ1) is 12.0. The Balaban J connectivity index is 1.68. The van der Waals surface area contributed by atoms with Gasteiger partial charge in [0.25, 0.3) is 11.8 Å². The number of halogens is 2. The molecular weight excluding hydrogens is 330 g/mol. The van der Waals surface area contributed by atoms with Crippen LogP contribution in [0.3, 0.4) is 0 Å². The maximum atomic E-state index is 13.4. The molecule has 5 nitrogen and oxygen atoms in total. The molecule has 0 fully saturated rings. The van der Waals surface area contributed by atoms with E-state index < -0.39 is 23.4 Å². The highest BCUT2D eigenvalue weighted by atomic mass is 19.1. The molecule has 0 radical (unpaired) electrons. The van der Waals surface area contributed by atoms with Crippen molar-refractivity contribution in [1.29, 1.82) is 0 Å². The number of nitrogens with one attached hydrogen (secondary N) is 2. The van der Waals surface area contributed by atoms with Gasteiger partial charge in [-0.25, -0.2) is 8.78 Å². The zero-order valence-corrected chi connectivity index (χ0v) is 13.6. The van der Waals surface area contributed by atoms with Gasteiger partial charge in [-0.15, -0.1) is 0 Å². The summed E-state index contributed by atoms with van der Waals surface area (Å²) in [6.45, 7) is 1.60. The largest absolute Gasteiger partial charge is 0.481 e. The lowest BCUT2D eigenvalue weighted by molar-refractivity contribution is -0.123. The van der Waals surface area contributed by atoms with Crippen LogP contribution in [0.4, 0.5) is 8.78 Å². The van der Waals surface area contributed by atoms with Crippen molar-refractivity contribution in [3.8, 4) is 5.75 Å². The van der Waals surface area contributed by atoms with Gasteiger partial charge in [-0.1, -0.05) is 18.2 Å². The molecule has 7 heteroatoms. The molecule has 0 unspecified atom stereocenters. The van der Waals surface area contributed by atoms with Crippen molar-refractivity contribution in [2.24, 2.45) is 0 Å². The van der Waals surface area contributed by atoms with E-state index in [4.69, 9.17) is 4.74 Å². The van der Waals surface area contributed by atoms with Gasteiger partial charge < -0.3 is 15.4 Å². The third-order valence-electron chi connectivity index (χ3n) is 3.36. The van der Waals surface area contributed by atoms with Gasteiger partial charge in [0, 0.05) is 18.7 Å². The number of benzene rings is 2. The number of amides is 2. The van der Waals surface area contributed by atoms with Gasteiger partial charge in [-0.3, -0.25) is 9.59 Å². The van der Waals surface area contributed by atoms with E-state index in [1.165, 1.54) is 30.3 Å². The molecule has 0 aromatic heterocycles. The molecule has 2 N–H and O–H groups in total. The Morgan fingerprint density at radius 2 is 1.72 bits per heavy atom. The Morgan fingerprint density at radius 3 is 2.44 bits per heavy atom. The van der Waals surface area contributed by atoms with E-state index in [9.17, 15) is 18.4 Å². The van der Waals surface area contributed by atoms with E-state index in [1.54, 1.807) is 13.0 Å². The number of carbonyl (C=O) groups is 2. The smallest absolute Gasteiger partial charge is 0.258 e. The zero-order valence-electron chi connectivity index (χ0n) is 13.6. The van der Waals surface area contributed by atoms with Crippen LogP contribution >= 0.6 is 0 Å². The second-order valence-electron chi connectivity index (χ2n) is 5.29. The van der Waals surface area contributed by atoms with Gasteiger partial charge in [0.15, 0.2) is 18.2 Å². The number of hydrogen-bond acceptors (Lipinski definition) is 3. The summed E-state index contributed by atoms with van der Waals surface area (Å²) in [5.41, 5.74) is 0.663. The lowest BCUT2D eigenvalue weighted by Gasteiger charge is -2.09. The van der Waals surface area contributed by atoms with Crippen LogP contribution < -0.4 is 15.4 Å². The van der Waals surface area contributed by atoms with Gasteiger partial charge in [0.2, 0.25) is 0 Å². The van der Waals surface area contributed by atoms with Gasteiger partial charge in [0.1, 0.15) is 5.82 Å². The standard InChI is InChI=1S/C18H18F2N2O3/c1-12-6-7-13(10-15(12)20)18(24)22-9-8-21-17(23)11-25-16-5-3-2-4-14(16)19/h2-7,10H,8-9,11H2,1H3,(H,21,23)(H,22,24). The normalized spacial score (nSPS) is 10.2. The van der Waals surface area contributed by atoms with E-state index in [0.717, 1.165) is 6.07 Å². The number of aryl methyl sites for hydroxylation is 1. The van der Waals surface area contributed by atoms with Crippen LogP contribution in [0.2, 0.25) is 0 Å². The van der Waals surface area contributed by atoms with Crippen molar-refractivity contribution in [3.63, 3.8) is 0 Å². The van der Waals surface area contributed by atoms with Crippen LogP contribution in [0.25, 0.3) is 0 Å². The van der Waals surface area contributed by atoms with Crippen LogP contribution in [0.5, 0.6) is 5.75 Å². The molecule has 0 spiro atoms. The number of ether oxygens (including phenoxy) is 1. The van der Waals surface area contributed by atoms with Gasteiger partial charge >= 0.3 is 0 Å². The van der Waals surface area contributed by atoms with Gasteiger partial charge in [-0.05, 0) is 36.8 Å². The van der Waals surface area contributed by atoms with E-state index in [-0.39, 0.29) is 31.0 Å². The minimum absolute atomic E-state index is 0.00708. The molecule has 2 aromatic rings. The van der Waals surface area contributed by atoms with E-state index in [2.05, 4.69) is 10.6 Å². The molecule has 0 saturated heterocycles. The summed E-state index contributed by atoms with van der Waals surface area (Å²) in [4.78, 5) is 23.4. The Hall–Kier alpha value is -2.96. The minimum atomic E-state index is -0.548. The van der Waals surface area contributed by atoms with Crippen molar-refractivity contribution < 1.29 is 23.1 Å². The Labute approximate surface area is 144 Å².